The maximum Gasteiger partial charge on any atom is 0.338 e. The monoisotopic (exact) mass is 391 g/mol. The first-order valence-electron chi connectivity index (χ1n) is 8.09. The Balaban J connectivity index is 1.74. The van der Waals surface area contributed by atoms with Gasteiger partial charge in [-0.1, -0.05) is 12.1 Å². The third-order valence-corrected chi connectivity index (χ3v) is 4.25. The van der Waals surface area contributed by atoms with E-state index in [2.05, 4.69) is 5.32 Å². The number of hydrogen-bond donors (Lipinski definition) is 1. The molecule has 0 aliphatic heterocycles. The number of amides is 1. The molecule has 0 spiro atoms. The molecule has 142 valence electrons. The zero-order valence-corrected chi connectivity index (χ0v) is 15.4. The Bertz CT molecular complexity index is 810. The highest BCUT2D eigenvalue weighted by atomic mass is 32.2. The van der Waals surface area contributed by atoms with Crippen molar-refractivity contribution in [3.05, 3.63) is 59.9 Å². The van der Waals surface area contributed by atoms with Crippen LogP contribution in [0.15, 0.2) is 53.4 Å². The highest BCUT2D eigenvalue weighted by Gasteiger charge is 2.11. The number of nitrogens with one attached hydrogen (secondary N) is 1. The number of ether oxygens (including phenoxy) is 2. The lowest BCUT2D eigenvalue weighted by atomic mass is 10.2. The average molecular weight is 391 g/mol. The standard InChI is InChI=1S/C19H18FNO5S/c1-2-25-19(24)13-7-9-14(10-8-13)21-17(22)11-26-18(23)12-27-16-6-4-3-5-15(16)20/h3-10H,2,11-12H2,1H3,(H,21,22). The van der Waals surface area contributed by atoms with Crippen LogP contribution in [0.4, 0.5) is 10.1 Å². The largest absolute Gasteiger partial charge is 0.462 e. The molecular weight excluding hydrogens is 373 g/mol. The maximum absolute atomic E-state index is 13.5. The van der Waals surface area contributed by atoms with Crippen LogP contribution in [0.1, 0.15) is 17.3 Å². The first kappa shape index (κ1) is 20.4. The van der Waals surface area contributed by atoms with E-state index in [1.54, 1.807) is 37.3 Å². The summed E-state index contributed by atoms with van der Waals surface area (Å²) in [4.78, 5) is 35.4. The normalized spacial score (nSPS) is 10.1. The van der Waals surface area contributed by atoms with Crippen LogP contribution in [-0.4, -0.2) is 36.8 Å². The zero-order chi connectivity index (χ0) is 19.6. The van der Waals surface area contributed by atoms with Crippen molar-refractivity contribution in [3.8, 4) is 0 Å². The Morgan fingerprint density at radius 2 is 1.74 bits per heavy atom. The Kier molecular flexibility index (Phi) is 7.81. The molecule has 0 aliphatic carbocycles. The molecule has 0 radical (unpaired) electrons. The van der Waals surface area contributed by atoms with Crippen molar-refractivity contribution in [2.75, 3.05) is 24.3 Å². The van der Waals surface area contributed by atoms with Crippen molar-refractivity contribution in [2.45, 2.75) is 11.8 Å². The van der Waals surface area contributed by atoms with E-state index in [9.17, 15) is 18.8 Å². The predicted octanol–water partition coefficient (Wildman–Crippen LogP) is 3.28. The lowest BCUT2D eigenvalue weighted by molar-refractivity contribution is -0.144. The smallest absolute Gasteiger partial charge is 0.338 e. The number of halogens is 1. The van der Waals surface area contributed by atoms with Crippen LogP contribution in [0.3, 0.4) is 0 Å². The van der Waals surface area contributed by atoms with Crippen molar-refractivity contribution in [3.63, 3.8) is 0 Å². The maximum atomic E-state index is 13.5. The fourth-order valence-electron chi connectivity index (χ4n) is 1.99. The van der Waals surface area contributed by atoms with Gasteiger partial charge >= 0.3 is 11.9 Å². The van der Waals surface area contributed by atoms with Crippen LogP contribution >= 0.6 is 11.8 Å². The highest BCUT2D eigenvalue weighted by molar-refractivity contribution is 8.00. The van der Waals surface area contributed by atoms with Crippen molar-refractivity contribution < 1.29 is 28.2 Å². The Hall–Kier alpha value is -2.87. The molecule has 0 heterocycles. The summed E-state index contributed by atoms with van der Waals surface area (Å²) in [6.45, 7) is 1.52. The van der Waals surface area contributed by atoms with Crippen LogP contribution in [0, 0.1) is 5.82 Å². The van der Waals surface area contributed by atoms with E-state index < -0.39 is 30.3 Å². The van der Waals surface area contributed by atoms with Gasteiger partial charge in [-0.15, -0.1) is 11.8 Å². The molecule has 0 bridgehead atoms. The van der Waals surface area contributed by atoms with E-state index >= 15 is 0 Å². The van der Waals surface area contributed by atoms with E-state index in [-0.39, 0.29) is 12.4 Å². The quantitative estimate of drug-likeness (QED) is 0.549. The summed E-state index contributed by atoms with van der Waals surface area (Å²) in [5, 5.41) is 2.54. The molecule has 27 heavy (non-hydrogen) atoms. The van der Waals surface area contributed by atoms with Crippen LogP contribution in [0.5, 0.6) is 0 Å². The van der Waals surface area contributed by atoms with E-state index in [4.69, 9.17) is 9.47 Å². The second kappa shape index (κ2) is 10.3. The van der Waals surface area contributed by atoms with Gasteiger partial charge in [-0.2, -0.15) is 0 Å². The van der Waals surface area contributed by atoms with Crippen LogP contribution < -0.4 is 5.32 Å². The van der Waals surface area contributed by atoms with E-state index in [1.165, 1.54) is 18.2 Å². The van der Waals surface area contributed by atoms with Crippen LogP contribution in [0.2, 0.25) is 0 Å². The highest BCUT2D eigenvalue weighted by Crippen LogP contribution is 2.21. The summed E-state index contributed by atoms with van der Waals surface area (Å²) >= 11 is 0.994. The molecule has 1 N–H and O–H groups in total. The number of rotatable bonds is 8. The number of hydrogen-bond acceptors (Lipinski definition) is 6. The Morgan fingerprint density at radius 1 is 1.04 bits per heavy atom. The van der Waals surface area contributed by atoms with Gasteiger partial charge < -0.3 is 14.8 Å². The molecular formula is C19H18FNO5S. The molecule has 8 heteroatoms. The van der Waals surface area contributed by atoms with Gasteiger partial charge in [0.25, 0.3) is 5.91 Å². The fourth-order valence-corrected chi connectivity index (χ4v) is 2.72. The van der Waals surface area contributed by atoms with Gasteiger partial charge in [0, 0.05) is 10.6 Å². The molecule has 0 aliphatic rings. The third kappa shape index (κ3) is 6.74. The number of thioether (sulfide) groups is 1. The van der Waals surface area contributed by atoms with Gasteiger partial charge in [-0.25, -0.2) is 9.18 Å². The molecule has 0 unspecified atom stereocenters. The summed E-state index contributed by atoms with van der Waals surface area (Å²) in [5.41, 5.74) is 0.816. The van der Waals surface area contributed by atoms with E-state index in [0.29, 0.717) is 16.1 Å². The lowest BCUT2D eigenvalue weighted by Crippen LogP contribution is -2.21. The SMILES string of the molecule is CCOC(=O)c1ccc(NC(=O)COC(=O)CSc2ccccc2F)cc1. The average Bonchev–Trinajstić information content (AvgIpc) is 2.66. The first-order chi connectivity index (χ1) is 13.0. The minimum Gasteiger partial charge on any atom is -0.462 e. The lowest BCUT2D eigenvalue weighted by Gasteiger charge is -2.08. The number of esters is 2. The molecule has 2 aromatic rings. The predicted molar refractivity (Wildman–Crippen MR) is 99.1 cm³/mol. The van der Waals surface area contributed by atoms with Gasteiger partial charge in [0.2, 0.25) is 0 Å². The Morgan fingerprint density at radius 3 is 2.41 bits per heavy atom. The third-order valence-electron chi connectivity index (χ3n) is 3.23. The summed E-state index contributed by atoms with van der Waals surface area (Å²) in [7, 11) is 0. The van der Waals surface area contributed by atoms with E-state index in [1.807, 2.05) is 0 Å². The molecule has 0 saturated heterocycles. The minimum absolute atomic E-state index is 0.109. The van der Waals surface area contributed by atoms with Crippen LogP contribution in [-0.2, 0) is 19.1 Å². The zero-order valence-electron chi connectivity index (χ0n) is 14.6. The molecule has 6 nitrogen and oxygen atoms in total. The van der Waals surface area contributed by atoms with Gasteiger partial charge in [-0.05, 0) is 43.3 Å². The van der Waals surface area contributed by atoms with Gasteiger partial charge in [0.15, 0.2) is 6.61 Å². The van der Waals surface area contributed by atoms with Gasteiger partial charge in [-0.3, -0.25) is 9.59 Å². The first-order valence-corrected chi connectivity index (χ1v) is 9.08. The molecule has 0 saturated carbocycles. The molecule has 0 fully saturated rings. The summed E-state index contributed by atoms with van der Waals surface area (Å²) < 4.78 is 23.2. The number of carbonyl (C=O) groups excluding carboxylic acids is 3. The van der Waals surface area contributed by atoms with Crippen molar-refractivity contribution in [2.24, 2.45) is 0 Å². The molecule has 1 amide bonds. The molecule has 2 aromatic carbocycles. The van der Waals surface area contributed by atoms with E-state index in [0.717, 1.165) is 11.8 Å². The van der Waals surface area contributed by atoms with Crippen molar-refractivity contribution in [1.29, 1.82) is 0 Å². The summed E-state index contributed by atoms with van der Waals surface area (Å²) in [5.74, 6) is -2.13. The van der Waals surface area contributed by atoms with Crippen LogP contribution in [0.25, 0.3) is 0 Å². The summed E-state index contributed by atoms with van der Waals surface area (Å²) in [6.07, 6.45) is 0. The second-order valence-electron chi connectivity index (χ2n) is 5.23. The topological polar surface area (TPSA) is 81.7 Å². The number of benzene rings is 2. The number of anilines is 1. The van der Waals surface area contributed by atoms with Crippen molar-refractivity contribution >= 4 is 35.3 Å². The molecule has 0 aromatic heterocycles. The van der Waals surface area contributed by atoms with Gasteiger partial charge in [0.1, 0.15) is 5.82 Å². The number of carbonyl (C=O) groups is 3. The van der Waals surface area contributed by atoms with Gasteiger partial charge in [0.05, 0.1) is 17.9 Å². The summed E-state index contributed by atoms with van der Waals surface area (Å²) in [6, 6.07) is 12.2. The minimum atomic E-state index is -0.629. The second-order valence-corrected chi connectivity index (χ2v) is 6.24. The molecule has 0 atom stereocenters. The van der Waals surface area contributed by atoms with Crippen molar-refractivity contribution in [1.82, 2.24) is 0 Å². The Labute approximate surface area is 160 Å². The fraction of sp³-hybridized carbons (Fsp3) is 0.211. The molecule has 2 rings (SSSR count).